The number of pyridine rings is 1. The van der Waals surface area contributed by atoms with E-state index in [1.165, 1.54) is 70.2 Å². The summed E-state index contributed by atoms with van der Waals surface area (Å²) in [4.78, 5) is 7.86. The van der Waals surface area contributed by atoms with Gasteiger partial charge in [-0.2, -0.15) is 0 Å². The molecule has 0 radical (unpaired) electrons. The summed E-state index contributed by atoms with van der Waals surface area (Å²) in [6, 6.07) is 17.0. The molecule has 0 aliphatic heterocycles. The number of aromatic nitrogens is 2. The van der Waals surface area contributed by atoms with E-state index in [-0.39, 0.29) is 0 Å². The fraction of sp³-hybridized carbons (Fsp3) is 0.324. The number of H-pyrrole nitrogens is 1. The van der Waals surface area contributed by atoms with Crippen LogP contribution >= 0.6 is 0 Å². The molecular formula is C34H40N2O. The van der Waals surface area contributed by atoms with Crippen LogP contribution in [0.3, 0.4) is 0 Å². The van der Waals surface area contributed by atoms with Gasteiger partial charge in [-0.05, 0) is 128 Å². The number of unbranched alkanes of at least 4 members (excludes halogenated alkanes) is 5. The lowest BCUT2D eigenvalue weighted by Gasteiger charge is -2.21. The molecule has 2 heterocycles. The van der Waals surface area contributed by atoms with E-state index in [2.05, 4.69) is 86.7 Å². The van der Waals surface area contributed by atoms with Gasteiger partial charge >= 0.3 is 0 Å². The van der Waals surface area contributed by atoms with E-state index in [4.69, 9.17) is 4.74 Å². The van der Waals surface area contributed by atoms with Crippen LogP contribution in [0, 0.1) is 27.7 Å². The first-order valence-corrected chi connectivity index (χ1v) is 13.6. The zero-order chi connectivity index (χ0) is 26.2. The van der Waals surface area contributed by atoms with Gasteiger partial charge in [-0.1, -0.05) is 37.5 Å². The van der Waals surface area contributed by atoms with Crippen LogP contribution in [-0.4, -0.2) is 16.6 Å². The Balaban J connectivity index is 1.50. The molecule has 1 N–H and O–H groups in total. The number of aromatic amines is 1. The van der Waals surface area contributed by atoms with Crippen molar-refractivity contribution in [2.45, 2.75) is 66.2 Å². The van der Waals surface area contributed by atoms with Gasteiger partial charge in [0.15, 0.2) is 0 Å². The number of hydrogen-bond donors (Lipinski definition) is 1. The number of nitrogens with one attached hydrogen (secondary N) is 1. The van der Waals surface area contributed by atoms with Crippen LogP contribution in [0.5, 0.6) is 5.75 Å². The molecule has 0 bridgehead atoms. The highest BCUT2D eigenvalue weighted by atomic mass is 16.5. The van der Waals surface area contributed by atoms with Gasteiger partial charge < -0.3 is 9.72 Å². The molecule has 0 atom stereocenters. The smallest absolute Gasteiger partial charge is 0.119 e. The molecule has 0 saturated carbocycles. The average molecular weight is 493 g/mol. The normalized spacial score (nSPS) is 11.0. The molecule has 2 aromatic heterocycles. The third kappa shape index (κ3) is 6.22. The Labute approximate surface area is 222 Å². The van der Waals surface area contributed by atoms with Crippen LogP contribution < -0.4 is 4.74 Å². The van der Waals surface area contributed by atoms with Crippen LogP contribution in [-0.2, 0) is 0 Å². The molecular weight excluding hydrogens is 452 g/mol. The van der Waals surface area contributed by atoms with Gasteiger partial charge in [0.05, 0.1) is 18.0 Å². The van der Waals surface area contributed by atoms with Crippen molar-refractivity contribution in [2.75, 3.05) is 6.61 Å². The minimum atomic E-state index is 0.780. The number of nitrogens with zero attached hydrogens (tertiary/aromatic N) is 1. The van der Waals surface area contributed by atoms with Crippen LogP contribution in [0.1, 0.15) is 60.8 Å². The lowest BCUT2D eigenvalue weighted by atomic mass is 9.83. The van der Waals surface area contributed by atoms with Crippen LogP contribution in [0.4, 0.5) is 0 Å². The van der Waals surface area contributed by atoms with Crippen molar-refractivity contribution in [1.29, 1.82) is 0 Å². The van der Waals surface area contributed by atoms with Gasteiger partial charge in [0, 0.05) is 12.4 Å². The fourth-order valence-electron chi connectivity index (χ4n) is 5.23. The predicted molar refractivity (Wildman–Crippen MR) is 157 cm³/mol. The zero-order valence-electron chi connectivity index (χ0n) is 22.9. The number of ether oxygens (including phenoxy) is 1. The first kappa shape index (κ1) is 26.5. The molecule has 192 valence electrons. The molecule has 0 aliphatic rings. The molecule has 2 aromatic carbocycles. The van der Waals surface area contributed by atoms with Crippen molar-refractivity contribution in [3.8, 4) is 39.4 Å². The summed E-state index contributed by atoms with van der Waals surface area (Å²) in [5, 5.41) is 0. The second kappa shape index (κ2) is 12.6. The van der Waals surface area contributed by atoms with Gasteiger partial charge in [0.2, 0.25) is 0 Å². The molecule has 0 amide bonds. The lowest BCUT2D eigenvalue weighted by molar-refractivity contribution is 0.304. The number of hydrogen-bond acceptors (Lipinski definition) is 2. The summed E-state index contributed by atoms with van der Waals surface area (Å²) < 4.78 is 6.03. The van der Waals surface area contributed by atoms with Gasteiger partial charge in [-0.25, -0.2) is 0 Å². The molecule has 3 nitrogen and oxygen atoms in total. The van der Waals surface area contributed by atoms with Gasteiger partial charge in [0.1, 0.15) is 5.75 Å². The van der Waals surface area contributed by atoms with Crippen molar-refractivity contribution in [2.24, 2.45) is 0 Å². The Morgan fingerprint density at radius 2 is 1.43 bits per heavy atom. The zero-order valence-corrected chi connectivity index (χ0v) is 22.9. The first-order chi connectivity index (χ1) is 18.0. The molecule has 0 fully saturated rings. The third-order valence-electron chi connectivity index (χ3n) is 7.51. The summed E-state index contributed by atoms with van der Waals surface area (Å²) in [7, 11) is 0. The predicted octanol–water partition coefficient (Wildman–Crippen LogP) is 9.55. The van der Waals surface area contributed by atoms with E-state index >= 15 is 0 Å². The summed E-state index contributed by atoms with van der Waals surface area (Å²) >= 11 is 0. The average Bonchev–Trinajstić information content (AvgIpc) is 3.46. The van der Waals surface area contributed by atoms with Gasteiger partial charge in [0.25, 0.3) is 0 Å². The van der Waals surface area contributed by atoms with Crippen molar-refractivity contribution < 1.29 is 4.74 Å². The molecule has 37 heavy (non-hydrogen) atoms. The van der Waals surface area contributed by atoms with Crippen LogP contribution in [0.15, 0.2) is 73.6 Å². The van der Waals surface area contributed by atoms with Crippen molar-refractivity contribution in [3.63, 3.8) is 0 Å². The Morgan fingerprint density at radius 1 is 0.784 bits per heavy atom. The standard InChI is InChI=1S/C34H40N2O/c1-6-7-8-9-10-11-12-22-37-30-17-15-28(16-18-30)33-24(2)26(4)34(27(5)25(33)3)29-19-21-36-32(23-29)31-14-13-20-35-31/h6,13-21,23,35H,1,7-12,22H2,2-5H3. The quantitative estimate of drug-likeness (QED) is 0.158. The Morgan fingerprint density at radius 3 is 2.08 bits per heavy atom. The van der Waals surface area contributed by atoms with Gasteiger partial charge in [-0.15, -0.1) is 6.58 Å². The Bertz CT molecular complexity index is 1290. The summed E-state index contributed by atoms with van der Waals surface area (Å²) in [6.45, 7) is 13.5. The molecule has 3 heteroatoms. The number of allylic oxidation sites excluding steroid dienone is 1. The summed E-state index contributed by atoms with van der Waals surface area (Å²) in [5.74, 6) is 0.949. The highest BCUT2D eigenvalue weighted by Crippen LogP contribution is 2.40. The van der Waals surface area contributed by atoms with Crippen molar-refractivity contribution in [1.82, 2.24) is 9.97 Å². The van der Waals surface area contributed by atoms with E-state index in [1.807, 2.05) is 24.5 Å². The van der Waals surface area contributed by atoms with E-state index in [1.54, 1.807) is 0 Å². The van der Waals surface area contributed by atoms with Crippen molar-refractivity contribution in [3.05, 3.63) is 95.8 Å². The van der Waals surface area contributed by atoms with E-state index in [9.17, 15) is 0 Å². The summed E-state index contributed by atoms with van der Waals surface area (Å²) in [6.07, 6.45) is 13.1. The Kier molecular flexibility index (Phi) is 9.00. The molecule has 0 spiro atoms. The largest absolute Gasteiger partial charge is 0.494 e. The second-order valence-corrected chi connectivity index (χ2v) is 9.98. The molecule has 4 aromatic rings. The maximum atomic E-state index is 6.03. The highest BCUT2D eigenvalue weighted by Gasteiger charge is 2.18. The SMILES string of the molecule is C=CCCCCCCCOc1ccc(-c2c(C)c(C)c(-c3ccnc(-c4ccc[nH]4)c3)c(C)c2C)cc1. The number of rotatable bonds is 12. The fourth-order valence-corrected chi connectivity index (χ4v) is 5.23. The highest BCUT2D eigenvalue weighted by molar-refractivity contribution is 5.83. The first-order valence-electron chi connectivity index (χ1n) is 13.6. The topological polar surface area (TPSA) is 37.9 Å². The lowest BCUT2D eigenvalue weighted by Crippen LogP contribution is -2.01. The number of benzene rings is 2. The second-order valence-electron chi connectivity index (χ2n) is 9.98. The maximum absolute atomic E-state index is 6.03. The molecule has 0 aliphatic carbocycles. The maximum Gasteiger partial charge on any atom is 0.119 e. The molecule has 4 rings (SSSR count). The van der Waals surface area contributed by atoms with Crippen molar-refractivity contribution >= 4 is 0 Å². The van der Waals surface area contributed by atoms with Crippen LogP contribution in [0.2, 0.25) is 0 Å². The van der Waals surface area contributed by atoms with Crippen LogP contribution in [0.25, 0.3) is 33.6 Å². The molecule has 0 saturated heterocycles. The summed E-state index contributed by atoms with van der Waals surface area (Å²) in [5.41, 5.74) is 12.3. The van der Waals surface area contributed by atoms with E-state index < -0.39 is 0 Å². The van der Waals surface area contributed by atoms with Gasteiger partial charge in [-0.3, -0.25) is 4.98 Å². The molecule has 0 unspecified atom stereocenters. The monoisotopic (exact) mass is 492 g/mol. The minimum Gasteiger partial charge on any atom is -0.494 e. The Hall–Kier alpha value is -3.59. The van der Waals surface area contributed by atoms with E-state index in [0.717, 1.165) is 36.6 Å². The van der Waals surface area contributed by atoms with E-state index in [0.29, 0.717) is 0 Å². The third-order valence-corrected chi connectivity index (χ3v) is 7.51. The minimum absolute atomic E-state index is 0.780.